The van der Waals surface area contributed by atoms with Gasteiger partial charge in [0.1, 0.15) is 0 Å². The van der Waals surface area contributed by atoms with Gasteiger partial charge in [0.2, 0.25) is 0 Å². The van der Waals surface area contributed by atoms with Crippen molar-refractivity contribution in [3.8, 4) is 11.5 Å². The molecule has 0 aliphatic rings. The van der Waals surface area contributed by atoms with E-state index < -0.39 is 0 Å². The summed E-state index contributed by atoms with van der Waals surface area (Å²) in [6.45, 7) is 1.84. The third-order valence-corrected chi connectivity index (χ3v) is 1.87. The van der Waals surface area contributed by atoms with Crippen LogP contribution in [0.2, 0.25) is 0 Å². The Balaban J connectivity index is 2.97. The second kappa shape index (κ2) is 4.67. The van der Waals surface area contributed by atoms with Crippen molar-refractivity contribution in [2.45, 2.75) is 6.92 Å². The molecular weight excluding hydrogens is 180 g/mol. The fraction of sp³-hybridized carbons (Fsp3) is 0.273. The average Bonchev–Trinajstić information content (AvgIpc) is 2.18. The summed E-state index contributed by atoms with van der Waals surface area (Å²) in [5.41, 5.74) is 1.68. The zero-order valence-corrected chi connectivity index (χ0v) is 8.32. The second-order valence-electron chi connectivity index (χ2n) is 3.08. The van der Waals surface area contributed by atoms with Crippen LogP contribution >= 0.6 is 0 Å². The number of phenolic OH excluding ortho intramolecular Hbond substituents is 1. The lowest BCUT2D eigenvalue weighted by molar-refractivity contribution is 0.332. The molecule has 0 aliphatic heterocycles. The second-order valence-corrected chi connectivity index (χ2v) is 3.08. The van der Waals surface area contributed by atoms with Gasteiger partial charge in [-0.05, 0) is 30.2 Å². The van der Waals surface area contributed by atoms with Gasteiger partial charge in [0.05, 0.1) is 13.7 Å². The summed E-state index contributed by atoms with van der Waals surface area (Å²) >= 11 is 0. The molecule has 0 saturated heterocycles. The van der Waals surface area contributed by atoms with Crippen LogP contribution in [0.5, 0.6) is 11.5 Å². The number of aliphatic hydroxyl groups excluding tert-OH is 1. The highest BCUT2D eigenvalue weighted by atomic mass is 16.5. The van der Waals surface area contributed by atoms with Gasteiger partial charge in [0.25, 0.3) is 0 Å². The van der Waals surface area contributed by atoms with E-state index in [9.17, 15) is 5.11 Å². The molecule has 0 atom stereocenters. The number of rotatable bonds is 3. The number of benzene rings is 1. The third kappa shape index (κ3) is 2.50. The Labute approximate surface area is 83.3 Å². The van der Waals surface area contributed by atoms with Gasteiger partial charge in [-0.15, -0.1) is 0 Å². The molecular formula is C11H14O3. The molecule has 2 N–H and O–H groups in total. The Morgan fingerprint density at radius 3 is 2.71 bits per heavy atom. The molecule has 0 aromatic heterocycles. The summed E-state index contributed by atoms with van der Waals surface area (Å²) in [5, 5.41) is 18.3. The van der Waals surface area contributed by atoms with Gasteiger partial charge in [-0.3, -0.25) is 0 Å². The topological polar surface area (TPSA) is 49.7 Å². The van der Waals surface area contributed by atoms with Gasteiger partial charge < -0.3 is 14.9 Å². The van der Waals surface area contributed by atoms with Crippen LogP contribution in [-0.2, 0) is 0 Å². The first-order valence-corrected chi connectivity index (χ1v) is 4.32. The molecule has 1 aromatic carbocycles. The van der Waals surface area contributed by atoms with Crippen molar-refractivity contribution in [1.82, 2.24) is 0 Å². The van der Waals surface area contributed by atoms with Crippen LogP contribution in [0, 0.1) is 0 Å². The van der Waals surface area contributed by atoms with Gasteiger partial charge in [-0.2, -0.15) is 0 Å². The molecule has 1 rings (SSSR count). The number of ether oxygens (including phenoxy) is 1. The lowest BCUT2D eigenvalue weighted by Gasteiger charge is -2.04. The molecule has 0 spiro atoms. The maximum absolute atomic E-state index is 9.46. The van der Waals surface area contributed by atoms with E-state index in [2.05, 4.69) is 0 Å². The van der Waals surface area contributed by atoms with Crippen molar-refractivity contribution in [2.24, 2.45) is 0 Å². The fourth-order valence-corrected chi connectivity index (χ4v) is 1.13. The smallest absolute Gasteiger partial charge is 0.160 e. The molecule has 0 aliphatic carbocycles. The maximum atomic E-state index is 9.46. The quantitative estimate of drug-likeness (QED) is 0.771. The van der Waals surface area contributed by atoms with Gasteiger partial charge in [0.15, 0.2) is 11.5 Å². The largest absolute Gasteiger partial charge is 0.504 e. The van der Waals surface area contributed by atoms with Crippen LogP contribution in [0.1, 0.15) is 12.5 Å². The summed E-state index contributed by atoms with van der Waals surface area (Å²) in [4.78, 5) is 0. The molecule has 1 aromatic rings. The Morgan fingerprint density at radius 1 is 1.50 bits per heavy atom. The van der Waals surface area contributed by atoms with Crippen LogP contribution in [-0.4, -0.2) is 23.9 Å². The van der Waals surface area contributed by atoms with Crippen molar-refractivity contribution in [3.63, 3.8) is 0 Å². The molecule has 0 amide bonds. The number of hydrogen-bond acceptors (Lipinski definition) is 3. The van der Waals surface area contributed by atoms with Crippen molar-refractivity contribution in [1.29, 1.82) is 0 Å². The Bertz CT molecular complexity index is 342. The van der Waals surface area contributed by atoms with E-state index in [0.29, 0.717) is 5.75 Å². The summed E-state index contributed by atoms with van der Waals surface area (Å²) < 4.78 is 4.91. The fourth-order valence-electron chi connectivity index (χ4n) is 1.13. The summed E-state index contributed by atoms with van der Waals surface area (Å²) in [6, 6.07) is 5.10. The Hall–Kier alpha value is -1.48. The SMILES string of the molecule is COc1ccc(/C=C(/C)CO)cc1O. The number of aliphatic hydroxyl groups is 1. The lowest BCUT2D eigenvalue weighted by Crippen LogP contribution is -1.86. The minimum Gasteiger partial charge on any atom is -0.504 e. The van der Waals surface area contributed by atoms with Crippen LogP contribution in [0.4, 0.5) is 0 Å². The zero-order valence-electron chi connectivity index (χ0n) is 8.32. The minimum absolute atomic E-state index is 0.0206. The first kappa shape index (κ1) is 10.6. The molecule has 3 heteroatoms. The molecule has 76 valence electrons. The van der Waals surface area contributed by atoms with Crippen LogP contribution in [0.3, 0.4) is 0 Å². The van der Waals surface area contributed by atoms with Crippen molar-refractivity contribution >= 4 is 6.08 Å². The highest BCUT2D eigenvalue weighted by Crippen LogP contribution is 2.26. The molecule has 0 radical (unpaired) electrons. The molecule has 0 unspecified atom stereocenters. The van der Waals surface area contributed by atoms with Crippen molar-refractivity contribution in [2.75, 3.05) is 13.7 Å². The molecule has 0 saturated carbocycles. The van der Waals surface area contributed by atoms with Crippen LogP contribution in [0.15, 0.2) is 23.8 Å². The van der Waals surface area contributed by atoms with E-state index in [1.54, 1.807) is 18.2 Å². The van der Waals surface area contributed by atoms with Gasteiger partial charge in [0, 0.05) is 0 Å². The van der Waals surface area contributed by atoms with E-state index in [-0.39, 0.29) is 12.4 Å². The maximum Gasteiger partial charge on any atom is 0.160 e. The summed E-state index contributed by atoms with van der Waals surface area (Å²) in [7, 11) is 1.50. The Kier molecular flexibility index (Phi) is 3.54. The predicted octanol–water partition coefficient (Wildman–Crippen LogP) is 1.80. The molecule has 3 nitrogen and oxygen atoms in total. The van der Waals surface area contributed by atoms with Gasteiger partial charge in [-0.25, -0.2) is 0 Å². The predicted molar refractivity (Wildman–Crippen MR) is 55.4 cm³/mol. The molecule has 14 heavy (non-hydrogen) atoms. The first-order chi connectivity index (χ1) is 6.67. The normalized spacial score (nSPS) is 11.5. The molecule has 0 heterocycles. The van der Waals surface area contributed by atoms with E-state index in [1.807, 2.05) is 13.0 Å². The van der Waals surface area contributed by atoms with Crippen molar-refractivity contribution < 1.29 is 14.9 Å². The summed E-state index contributed by atoms with van der Waals surface area (Å²) in [6.07, 6.45) is 1.80. The average molecular weight is 194 g/mol. The van der Waals surface area contributed by atoms with Gasteiger partial charge in [-0.1, -0.05) is 12.1 Å². The van der Waals surface area contributed by atoms with Crippen LogP contribution < -0.4 is 4.74 Å². The van der Waals surface area contributed by atoms with E-state index in [4.69, 9.17) is 9.84 Å². The third-order valence-electron chi connectivity index (χ3n) is 1.87. The zero-order chi connectivity index (χ0) is 10.6. The van der Waals surface area contributed by atoms with E-state index >= 15 is 0 Å². The monoisotopic (exact) mass is 194 g/mol. The van der Waals surface area contributed by atoms with E-state index in [1.165, 1.54) is 7.11 Å². The number of phenols is 1. The van der Waals surface area contributed by atoms with Crippen LogP contribution in [0.25, 0.3) is 6.08 Å². The number of aromatic hydroxyl groups is 1. The minimum atomic E-state index is 0.0206. The molecule has 0 bridgehead atoms. The summed E-state index contributed by atoms with van der Waals surface area (Å²) in [5.74, 6) is 0.552. The number of methoxy groups -OCH3 is 1. The highest BCUT2D eigenvalue weighted by molar-refractivity contribution is 5.57. The number of hydrogen-bond donors (Lipinski definition) is 2. The lowest BCUT2D eigenvalue weighted by atomic mass is 10.1. The van der Waals surface area contributed by atoms with Crippen molar-refractivity contribution in [3.05, 3.63) is 29.3 Å². The molecule has 0 fully saturated rings. The van der Waals surface area contributed by atoms with Gasteiger partial charge >= 0.3 is 0 Å². The Morgan fingerprint density at radius 2 is 2.21 bits per heavy atom. The standard InChI is InChI=1S/C11H14O3/c1-8(7-12)5-9-3-4-11(14-2)10(13)6-9/h3-6,12-13H,7H2,1-2H3/b8-5-. The highest BCUT2D eigenvalue weighted by Gasteiger charge is 2.00. The van der Waals surface area contributed by atoms with E-state index in [0.717, 1.165) is 11.1 Å². The first-order valence-electron chi connectivity index (χ1n) is 4.32.